The maximum absolute atomic E-state index is 12.9. The molecule has 1 aliphatic heterocycles. The highest BCUT2D eigenvalue weighted by Gasteiger charge is 2.28. The zero-order valence-electron chi connectivity index (χ0n) is 14.6. The summed E-state index contributed by atoms with van der Waals surface area (Å²) >= 11 is 0. The third-order valence-corrected chi connectivity index (χ3v) is 4.58. The summed E-state index contributed by atoms with van der Waals surface area (Å²) in [7, 11) is 1.60. The summed E-state index contributed by atoms with van der Waals surface area (Å²) in [4.78, 5) is 31.1. The van der Waals surface area contributed by atoms with E-state index in [0.29, 0.717) is 25.3 Å². The third-order valence-electron chi connectivity index (χ3n) is 4.58. The number of nitrogens with one attached hydrogen (secondary N) is 1. The van der Waals surface area contributed by atoms with Gasteiger partial charge in [0.15, 0.2) is 5.78 Å². The Morgan fingerprint density at radius 2 is 2.16 bits per heavy atom. The molecule has 0 saturated carbocycles. The van der Waals surface area contributed by atoms with Crippen molar-refractivity contribution in [1.82, 2.24) is 15.2 Å². The van der Waals surface area contributed by atoms with Crippen LogP contribution in [0.3, 0.4) is 0 Å². The van der Waals surface area contributed by atoms with Crippen molar-refractivity contribution in [2.75, 3.05) is 33.3 Å². The average molecular weight is 341 g/mol. The number of likely N-dealkylation sites (N-methyl/N-ethyl adjacent to an activating group) is 1. The third kappa shape index (κ3) is 3.86. The van der Waals surface area contributed by atoms with Gasteiger partial charge in [-0.15, -0.1) is 0 Å². The summed E-state index contributed by atoms with van der Waals surface area (Å²) in [6.07, 6.45) is 1.21. The number of fused-ring (bicyclic) bond motifs is 1. The molecule has 2 unspecified atom stereocenters. The predicted molar refractivity (Wildman–Crippen MR) is 95.5 cm³/mol. The lowest BCUT2D eigenvalue weighted by Crippen LogP contribution is -2.50. The molecule has 132 valence electrons. The van der Waals surface area contributed by atoms with Crippen LogP contribution in [0.4, 0.5) is 0 Å². The van der Waals surface area contributed by atoms with Crippen LogP contribution in [0, 0.1) is 5.92 Å². The Kier molecular flexibility index (Phi) is 5.40. The molecular formula is C19H23N3O3. The molecule has 6 heteroatoms. The van der Waals surface area contributed by atoms with E-state index in [1.807, 2.05) is 31.2 Å². The molecule has 0 radical (unpaired) electrons. The summed E-state index contributed by atoms with van der Waals surface area (Å²) < 4.78 is 5.50. The molecule has 0 bridgehead atoms. The summed E-state index contributed by atoms with van der Waals surface area (Å²) in [6, 6.07) is 9.46. The van der Waals surface area contributed by atoms with Crippen LogP contribution in [0.5, 0.6) is 0 Å². The molecule has 1 amide bonds. The van der Waals surface area contributed by atoms with E-state index >= 15 is 0 Å². The minimum Gasteiger partial charge on any atom is -0.366 e. The molecule has 6 nitrogen and oxygen atoms in total. The highest BCUT2D eigenvalue weighted by atomic mass is 16.5. The molecule has 1 aliphatic rings. The van der Waals surface area contributed by atoms with Gasteiger partial charge < -0.3 is 10.1 Å². The molecule has 2 aromatic rings. The second-order valence-corrected chi connectivity index (χ2v) is 6.37. The molecule has 1 aromatic carbocycles. The molecule has 25 heavy (non-hydrogen) atoms. The molecule has 1 fully saturated rings. The van der Waals surface area contributed by atoms with Gasteiger partial charge in [0.2, 0.25) is 5.91 Å². The fraction of sp³-hybridized carbons (Fsp3) is 0.421. The summed E-state index contributed by atoms with van der Waals surface area (Å²) in [5.41, 5.74) is 1.53. The van der Waals surface area contributed by atoms with Gasteiger partial charge in [-0.05, 0) is 12.1 Å². The number of ether oxygens (including phenoxy) is 1. The molecule has 2 heterocycles. The zero-order valence-corrected chi connectivity index (χ0v) is 14.6. The molecular weight excluding hydrogens is 318 g/mol. The van der Waals surface area contributed by atoms with Crippen LogP contribution in [0.15, 0.2) is 36.5 Å². The summed E-state index contributed by atoms with van der Waals surface area (Å²) in [5, 5.41) is 3.49. The van der Waals surface area contributed by atoms with Crippen LogP contribution in [-0.4, -0.2) is 61.0 Å². The van der Waals surface area contributed by atoms with E-state index in [1.165, 1.54) is 0 Å². The van der Waals surface area contributed by atoms with Gasteiger partial charge in [-0.1, -0.05) is 25.1 Å². The smallest absolute Gasteiger partial charge is 0.250 e. The van der Waals surface area contributed by atoms with Crippen LogP contribution in [0.25, 0.3) is 10.9 Å². The first-order valence-electron chi connectivity index (χ1n) is 8.53. The fourth-order valence-corrected chi connectivity index (χ4v) is 3.23. The summed E-state index contributed by atoms with van der Waals surface area (Å²) in [6.45, 7) is 4.27. The monoisotopic (exact) mass is 341 g/mol. The molecule has 0 aliphatic carbocycles. The van der Waals surface area contributed by atoms with E-state index in [4.69, 9.17) is 4.74 Å². The number of nitrogens with zero attached hydrogens (tertiary/aromatic N) is 2. The van der Waals surface area contributed by atoms with E-state index in [2.05, 4.69) is 15.2 Å². The van der Waals surface area contributed by atoms with Gasteiger partial charge >= 0.3 is 0 Å². The molecule has 0 spiro atoms. The van der Waals surface area contributed by atoms with Crippen molar-refractivity contribution in [3.63, 3.8) is 0 Å². The maximum atomic E-state index is 12.9. The predicted octanol–water partition coefficient (Wildman–Crippen LogP) is 1.50. The van der Waals surface area contributed by atoms with E-state index in [9.17, 15) is 9.59 Å². The number of hydrogen-bond acceptors (Lipinski definition) is 5. The first kappa shape index (κ1) is 17.5. The van der Waals surface area contributed by atoms with Crippen molar-refractivity contribution in [1.29, 1.82) is 0 Å². The number of benzene rings is 1. The average Bonchev–Trinajstić information content (AvgIpc) is 2.66. The molecule has 1 saturated heterocycles. The maximum Gasteiger partial charge on any atom is 0.250 e. The van der Waals surface area contributed by atoms with Gasteiger partial charge in [-0.25, -0.2) is 0 Å². The van der Waals surface area contributed by atoms with Crippen LogP contribution in [0.2, 0.25) is 0 Å². The second kappa shape index (κ2) is 7.72. The fourth-order valence-electron chi connectivity index (χ4n) is 3.23. The number of amides is 1. The minimum absolute atomic E-state index is 0.0987. The number of hydrogen-bond donors (Lipinski definition) is 1. The lowest BCUT2D eigenvalue weighted by molar-refractivity contribution is -0.138. The Labute approximate surface area is 147 Å². The number of pyridine rings is 1. The number of rotatable bonds is 5. The van der Waals surface area contributed by atoms with E-state index in [0.717, 1.165) is 17.4 Å². The number of ketones is 1. The number of carbonyl (C=O) groups excluding carboxylic acids is 2. The van der Waals surface area contributed by atoms with Gasteiger partial charge in [0.05, 0.1) is 12.1 Å². The van der Waals surface area contributed by atoms with Crippen molar-refractivity contribution < 1.29 is 14.3 Å². The topological polar surface area (TPSA) is 71.5 Å². The lowest BCUT2D eigenvalue weighted by Gasteiger charge is -2.33. The molecule has 3 rings (SSSR count). The number of aromatic nitrogens is 1. The van der Waals surface area contributed by atoms with Gasteiger partial charge in [0.25, 0.3) is 0 Å². The second-order valence-electron chi connectivity index (χ2n) is 6.37. The van der Waals surface area contributed by atoms with Crippen LogP contribution < -0.4 is 5.32 Å². The SMILES string of the molecule is CNC(=O)C1CN(CC(C)C(=O)c2ccnc3ccccc23)CCO1. The van der Waals surface area contributed by atoms with E-state index in [-0.39, 0.29) is 17.6 Å². The molecule has 1 aromatic heterocycles. The number of carbonyl (C=O) groups is 2. The van der Waals surface area contributed by atoms with Gasteiger partial charge in [0.1, 0.15) is 6.10 Å². The number of para-hydroxylation sites is 1. The Bertz CT molecular complexity index is 772. The highest BCUT2D eigenvalue weighted by Crippen LogP contribution is 2.20. The standard InChI is InChI=1S/C19H23N3O3/c1-13(11-22-9-10-25-17(12-22)19(24)20-2)18(23)15-7-8-21-16-6-4-3-5-14(15)16/h3-8,13,17H,9-12H2,1-2H3,(H,20,24). The van der Waals surface area contributed by atoms with Gasteiger partial charge in [-0.2, -0.15) is 0 Å². The lowest BCUT2D eigenvalue weighted by atomic mass is 9.96. The Morgan fingerprint density at radius 1 is 1.36 bits per heavy atom. The Hall–Kier alpha value is -2.31. The van der Waals surface area contributed by atoms with Gasteiger partial charge in [0, 0.05) is 49.7 Å². The van der Waals surface area contributed by atoms with Crippen LogP contribution in [-0.2, 0) is 9.53 Å². The Balaban J connectivity index is 1.71. The first-order chi connectivity index (χ1) is 12.1. The Morgan fingerprint density at radius 3 is 2.96 bits per heavy atom. The minimum atomic E-state index is -0.470. The first-order valence-corrected chi connectivity index (χ1v) is 8.53. The summed E-state index contributed by atoms with van der Waals surface area (Å²) in [5.74, 6) is -0.195. The molecule has 2 atom stereocenters. The highest BCUT2D eigenvalue weighted by molar-refractivity contribution is 6.08. The van der Waals surface area contributed by atoms with Crippen molar-refractivity contribution in [3.05, 3.63) is 42.1 Å². The normalized spacial score (nSPS) is 19.5. The van der Waals surface area contributed by atoms with Crippen molar-refractivity contribution in [2.45, 2.75) is 13.0 Å². The zero-order chi connectivity index (χ0) is 17.8. The number of morpholine rings is 1. The van der Waals surface area contributed by atoms with Crippen molar-refractivity contribution in [3.8, 4) is 0 Å². The van der Waals surface area contributed by atoms with Gasteiger partial charge in [-0.3, -0.25) is 19.5 Å². The van der Waals surface area contributed by atoms with Crippen molar-refractivity contribution >= 4 is 22.6 Å². The van der Waals surface area contributed by atoms with Crippen LogP contribution >= 0.6 is 0 Å². The largest absolute Gasteiger partial charge is 0.366 e. The quantitative estimate of drug-likeness (QED) is 0.835. The van der Waals surface area contributed by atoms with E-state index < -0.39 is 6.10 Å². The molecule has 1 N–H and O–H groups in total. The number of Topliss-reactive ketones (excluding diaryl/α,β-unsaturated/α-hetero) is 1. The van der Waals surface area contributed by atoms with E-state index in [1.54, 1.807) is 19.3 Å². The van der Waals surface area contributed by atoms with Crippen LogP contribution in [0.1, 0.15) is 17.3 Å². The van der Waals surface area contributed by atoms with Crippen molar-refractivity contribution in [2.24, 2.45) is 5.92 Å².